The van der Waals surface area contributed by atoms with Gasteiger partial charge in [-0.3, -0.25) is 34.6 Å². The smallest absolute Gasteiger partial charge is 0.358 e. The number of carbonyl (C=O) groups excluding carboxylic acids is 4. The quantitative estimate of drug-likeness (QED) is 0.0603. The van der Waals surface area contributed by atoms with E-state index >= 15 is 0 Å². The van der Waals surface area contributed by atoms with E-state index in [4.69, 9.17) is 19.6 Å². The molecule has 1 aliphatic carbocycles. The van der Waals surface area contributed by atoms with Crippen LogP contribution in [0.1, 0.15) is 135 Å². The molecule has 3 amide bonds. The molecule has 4 aromatic carbocycles. The van der Waals surface area contributed by atoms with Crippen molar-refractivity contribution in [3.8, 4) is 16.9 Å². The Morgan fingerprint density at radius 3 is 2.47 bits per heavy atom. The monoisotopic (exact) mass is 1070 g/mol. The summed E-state index contributed by atoms with van der Waals surface area (Å²) in [6.45, 7) is 15.2. The number of piperidine rings is 1. The van der Waals surface area contributed by atoms with E-state index < -0.39 is 17.5 Å². The first-order chi connectivity index (χ1) is 37.6. The predicted molar refractivity (Wildman–Crippen MR) is 308 cm³/mol. The van der Waals surface area contributed by atoms with Gasteiger partial charge in [0.05, 0.1) is 33.4 Å². The number of aromatic nitrogens is 4. The summed E-state index contributed by atoms with van der Waals surface area (Å²) in [6.07, 6.45) is 9.65. The van der Waals surface area contributed by atoms with Crippen LogP contribution in [0.3, 0.4) is 0 Å². The molecule has 78 heavy (non-hydrogen) atoms. The summed E-state index contributed by atoms with van der Waals surface area (Å²) in [5.41, 5.74) is 8.46. The first kappa shape index (κ1) is 52.9. The molecule has 11 rings (SSSR count). The van der Waals surface area contributed by atoms with E-state index in [0.29, 0.717) is 60.0 Å². The molecule has 7 aromatic rings. The number of anilines is 3. The van der Waals surface area contributed by atoms with Crippen LogP contribution < -0.4 is 25.2 Å². The second-order valence-corrected chi connectivity index (χ2v) is 23.9. The zero-order chi connectivity index (χ0) is 54.2. The molecule has 0 radical (unpaired) electrons. The fourth-order valence-corrected chi connectivity index (χ4v) is 13.1. The third kappa shape index (κ3) is 11.4. The number of para-hydroxylation sites is 1. The van der Waals surface area contributed by atoms with Gasteiger partial charge in [0.1, 0.15) is 17.2 Å². The number of imide groups is 1. The third-order valence-electron chi connectivity index (χ3n) is 16.3. The van der Waals surface area contributed by atoms with Crippen molar-refractivity contribution in [1.82, 2.24) is 30.0 Å². The molecule has 15 nitrogen and oxygen atoms in total. The molecule has 3 fully saturated rings. The molecule has 6 heterocycles. The lowest BCUT2D eigenvalue weighted by Gasteiger charge is -2.41. The van der Waals surface area contributed by atoms with Crippen molar-refractivity contribution in [2.45, 2.75) is 129 Å². The van der Waals surface area contributed by atoms with Crippen molar-refractivity contribution in [1.29, 1.82) is 0 Å². The number of piperazine rings is 1. The van der Waals surface area contributed by atoms with Gasteiger partial charge in [0.2, 0.25) is 11.8 Å². The van der Waals surface area contributed by atoms with E-state index in [1.54, 1.807) is 0 Å². The molecular formula is C62H71N9O6S. The second kappa shape index (κ2) is 22.3. The second-order valence-electron chi connectivity index (χ2n) is 22.9. The van der Waals surface area contributed by atoms with Gasteiger partial charge >= 0.3 is 5.97 Å². The number of amides is 3. The lowest BCUT2D eigenvalue weighted by molar-refractivity contribution is -0.134. The summed E-state index contributed by atoms with van der Waals surface area (Å²) in [6, 6.07) is 30.6. The van der Waals surface area contributed by atoms with Crippen LogP contribution in [-0.4, -0.2) is 98.8 Å². The van der Waals surface area contributed by atoms with Gasteiger partial charge in [-0.15, -0.1) is 0 Å². The van der Waals surface area contributed by atoms with Gasteiger partial charge in [-0.05, 0) is 169 Å². The number of ether oxygens (including phenoxy) is 2. The standard InChI is InChI=1S/C62H71N9O6S/c1-38-36-69(33-34-71(38)42-22-25-47-51(35-42)68(6)67-56(47)48-27-29-55(72)65-59(48)74)31-10-9-13-40-20-23-43(24-21-40)76-52-18-12-15-44(39(52)2)45-26-28-54(64-57(45)60(75)77-62(3,4)5)70-32-30-41-14-11-16-46(49(41)37-70)58(73)66-61-63-50-17-7-8-19-53(50)78-61/h7-8,11-12,14-19,22,25-26,28,35,38,40,43,48H,9-10,13,20-21,23-24,27,29-34,36-37H2,1-6H3,(H,63,66,73)(H,65,72,74)/t38-,40?,43?,48-/m1/s1. The van der Waals surface area contributed by atoms with Crippen LogP contribution in [0.4, 0.5) is 16.6 Å². The molecule has 0 unspecified atom stereocenters. The van der Waals surface area contributed by atoms with Crippen molar-refractivity contribution in [3.63, 3.8) is 0 Å². The topological polar surface area (TPSA) is 164 Å². The van der Waals surface area contributed by atoms with Crippen molar-refractivity contribution in [2.75, 3.05) is 47.8 Å². The molecule has 2 saturated heterocycles. The number of carbonyl (C=O) groups is 4. The Hall–Kier alpha value is -7.17. The average molecular weight is 1070 g/mol. The van der Waals surface area contributed by atoms with E-state index in [1.807, 2.05) is 99.2 Å². The number of pyridine rings is 1. The fourth-order valence-electron chi connectivity index (χ4n) is 12.2. The average Bonchev–Trinajstić information content (AvgIpc) is 4.15. The number of esters is 1. The molecule has 0 bridgehead atoms. The lowest BCUT2D eigenvalue weighted by atomic mass is 9.84. The zero-order valence-corrected chi connectivity index (χ0v) is 46.6. The first-order valence-corrected chi connectivity index (χ1v) is 28.8. The van der Waals surface area contributed by atoms with Crippen LogP contribution in [0.2, 0.25) is 0 Å². The van der Waals surface area contributed by atoms with E-state index in [2.05, 4.69) is 68.4 Å². The largest absolute Gasteiger partial charge is 0.490 e. The molecule has 1 saturated carbocycles. The summed E-state index contributed by atoms with van der Waals surface area (Å²) in [7, 11) is 1.93. The Kier molecular flexibility index (Phi) is 15.1. The summed E-state index contributed by atoms with van der Waals surface area (Å²) in [4.78, 5) is 69.4. The molecule has 3 aromatic heterocycles. The summed E-state index contributed by atoms with van der Waals surface area (Å²) < 4.78 is 15.7. The molecule has 3 aliphatic heterocycles. The number of aryl methyl sites for hydroxylation is 1. The maximum absolute atomic E-state index is 14.1. The summed E-state index contributed by atoms with van der Waals surface area (Å²) >= 11 is 1.45. The maximum Gasteiger partial charge on any atom is 0.358 e. The number of hydrogen-bond acceptors (Lipinski definition) is 13. The highest BCUT2D eigenvalue weighted by molar-refractivity contribution is 7.22. The van der Waals surface area contributed by atoms with Gasteiger partial charge in [0.15, 0.2) is 10.8 Å². The van der Waals surface area contributed by atoms with E-state index in [0.717, 1.165) is 113 Å². The number of thiazole rings is 1. The minimum Gasteiger partial charge on any atom is -0.490 e. The van der Waals surface area contributed by atoms with Crippen molar-refractivity contribution in [3.05, 3.63) is 125 Å². The lowest BCUT2D eigenvalue weighted by Crippen LogP contribution is -2.52. The maximum atomic E-state index is 14.1. The Labute approximate surface area is 460 Å². The number of benzene rings is 4. The third-order valence-corrected chi connectivity index (χ3v) is 17.3. The highest BCUT2D eigenvalue weighted by Gasteiger charge is 2.33. The van der Waals surface area contributed by atoms with E-state index in [1.165, 1.54) is 36.3 Å². The minimum absolute atomic E-state index is 0.125. The zero-order valence-electron chi connectivity index (χ0n) is 45.8. The van der Waals surface area contributed by atoms with Gasteiger partial charge in [-0.2, -0.15) is 5.10 Å². The SMILES string of the molecule is Cc1c(OC2CCC(CCCCN3CCN(c4ccc5c([C@H]6CCC(=O)NC6=O)nn(C)c5c4)[C@H](C)C3)CC2)cccc1-c1ccc(N2CCc3cccc(C(=O)Nc4nc5ccccc5s4)c3C2)nc1C(=O)OC(C)(C)C. The van der Waals surface area contributed by atoms with Crippen LogP contribution in [0.5, 0.6) is 5.75 Å². The fraction of sp³-hybridized carbons (Fsp3) is 0.435. The van der Waals surface area contributed by atoms with Crippen LogP contribution >= 0.6 is 11.3 Å². The normalized spacial score (nSPS) is 20.2. The number of rotatable bonds is 14. The van der Waals surface area contributed by atoms with Crippen molar-refractivity contribution < 1.29 is 28.7 Å². The van der Waals surface area contributed by atoms with Gasteiger partial charge in [-0.1, -0.05) is 60.6 Å². The predicted octanol–water partition coefficient (Wildman–Crippen LogP) is 11.2. The van der Waals surface area contributed by atoms with Gasteiger partial charge in [0, 0.05) is 74.4 Å². The van der Waals surface area contributed by atoms with Crippen LogP contribution in [-0.2, 0) is 34.3 Å². The van der Waals surface area contributed by atoms with Crippen molar-refractivity contribution in [2.24, 2.45) is 13.0 Å². The highest BCUT2D eigenvalue weighted by Crippen LogP contribution is 2.39. The molecule has 2 N–H and O–H groups in total. The van der Waals surface area contributed by atoms with Crippen LogP contribution in [0.25, 0.3) is 32.2 Å². The first-order valence-electron chi connectivity index (χ1n) is 28.0. The number of hydrogen-bond donors (Lipinski definition) is 2. The minimum atomic E-state index is -0.731. The number of unbranched alkanes of at least 4 members (excludes halogenated alkanes) is 1. The number of nitrogens with one attached hydrogen (secondary N) is 2. The summed E-state index contributed by atoms with van der Waals surface area (Å²) in [5, 5.41) is 11.8. The molecule has 16 heteroatoms. The Morgan fingerprint density at radius 1 is 0.859 bits per heavy atom. The van der Waals surface area contributed by atoms with Crippen molar-refractivity contribution >= 4 is 72.8 Å². The number of nitrogens with zero attached hydrogens (tertiary/aromatic N) is 7. The van der Waals surface area contributed by atoms with Crippen LogP contribution in [0, 0.1) is 12.8 Å². The molecule has 406 valence electrons. The van der Waals surface area contributed by atoms with Gasteiger partial charge in [-0.25, -0.2) is 14.8 Å². The number of fused-ring (bicyclic) bond motifs is 3. The molecule has 0 spiro atoms. The van der Waals surface area contributed by atoms with E-state index in [-0.39, 0.29) is 29.5 Å². The summed E-state index contributed by atoms with van der Waals surface area (Å²) in [5.74, 6) is 0.593. The van der Waals surface area contributed by atoms with Gasteiger partial charge < -0.3 is 19.3 Å². The van der Waals surface area contributed by atoms with E-state index in [9.17, 15) is 19.2 Å². The Bertz CT molecular complexity index is 3380. The van der Waals surface area contributed by atoms with Gasteiger partial charge in [0.25, 0.3) is 5.91 Å². The molecule has 2 atom stereocenters. The Balaban J connectivity index is 0.681. The Morgan fingerprint density at radius 2 is 1.68 bits per heavy atom. The molecule has 4 aliphatic rings. The highest BCUT2D eigenvalue weighted by atomic mass is 32.1. The molecular weight excluding hydrogens is 999 g/mol. The van der Waals surface area contributed by atoms with Crippen LogP contribution in [0.15, 0.2) is 91.0 Å².